The van der Waals surface area contributed by atoms with Gasteiger partial charge in [-0.25, -0.2) is 9.67 Å². The molecule has 1 aromatic heterocycles. The highest BCUT2D eigenvalue weighted by molar-refractivity contribution is 7.99. The van der Waals surface area contributed by atoms with E-state index in [2.05, 4.69) is 29.2 Å². The minimum Gasteiger partial charge on any atom is -0.394 e. The molecule has 98 valence electrons. The molecule has 1 unspecified atom stereocenters. The molecule has 0 radical (unpaired) electrons. The second-order valence-electron chi connectivity index (χ2n) is 4.37. The van der Waals surface area contributed by atoms with E-state index in [1.165, 1.54) is 0 Å². The van der Waals surface area contributed by atoms with Gasteiger partial charge in [0.05, 0.1) is 6.61 Å². The van der Waals surface area contributed by atoms with E-state index >= 15 is 0 Å². The molecule has 1 rings (SSSR count). The van der Waals surface area contributed by atoms with Crippen LogP contribution in [-0.4, -0.2) is 44.3 Å². The van der Waals surface area contributed by atoms with Gasteiger partial charge < -0.3 is 10.4 Å². The number of aliphatic hydroxyl groups excluding tert-OH is 1. The van der Waals surface area contributed by atoms with Gasteiger partial charge in [-0.3, -0.25) is 0 Å². The minimum atomic E-state index is -0.158. The first-order valence-electron chi connectivity index (χ1n) is 5.94. The van der Waals surface area contributed by atoms with Crippen molar-refractivity contribution in [2.24, 2.45) is 7.05 Å². The third-order valence-corrected chi connectivity index (χ3v) is 3.85. The van der Waals surface area contributed by atoms with Crippen molar-refractivity contribution < 1.29 is 5.11 Å². The maximum Gasteiger partial charge on any atom is 0.185 e. The molecule has 1 heterocycles. The van der Waals surface area contributed by atoms with Gasteiger partial charge in [-0.05, 0) is 26.3 Å². The molecule has 0 aliphatic heterocycles. The van der Waals surface area contributed by atoms with E-state index in [4.69, 9.17) is 0 Å². The van der Waals surface area contributed by atoms with E-state index in [0.717, 1.165) is 30.3 Å². The molecular formula is C11H22N4OS. The molecule has 0 fully saturated rings. The van der Waals surface area contributed by atoms with Gasteiger partial charge >= 0.3 is 0 Å². The lowest BCUT2D eigenvalue weighted by Crippen LogP contribution is -2.45. The van der Waals surface area contributed by atoms with E-state index in [1.807, 2.05) is 7.05 Å². The average molecular weight is 258 g/mol. The maximum atomic E-state index is 9.35. The van der Waals surface area contributed by atoms with Gasteiger partial charge in [-0.15, -0.1) is 0 Å². The lowest BCUT2D eigenvalue weighted by atomic mass is 9.97. The summed E-state index contributed by atoms with van der Waals surface area (Å²) in [4.78, 5) is 4.16. The standard InChI is InChI=1S/C11H22N4OS/c1-4-13-11(2,8-16)6-5-7-17-10-12-9-14-15(10)3/h9,13,16H,4-8H2,1-3H3. The van der Waals surface area contributed by atoms with Crippen LogP contribution >= 0.6 is 11.8 Å². The Labute approximate surface area is 107 Å². The quantitative estimate of drug-likeness (QED) is 0.539. The summed E-state index contributed by atoms with van der Waals surface area (Å²) in [6, 6.07) is 0. The van der Waals surface area contributed by atoms with Gasteiger partial charge in [0.1, 0.15) is 6.33 Å². The lowest BCUT2D eigenvalue weighted by Gasteiger charge is -2.28. The highest BCUT2D eigenvalue weighted by atomic mass is 32.2. The third kappa shape index (κ3) is 4.65. The van der Waals surface area contributed by atoms with Gasteiger partial charge in [-0.2, -0.15) is 5.10 Å². The van der Waals surface area contributed by atoms with Crippen LogP contribution in [0.1, 0.15) is 26.7 Å². The number of hydrogen-bond donors (Lipinski definition) is 2. The van der Waals surface area contributed by atoms with Crippen LogP contribution in [0.5, 0.6) is 0 Å². The number of thioether (sulfide) groups is 1. The number of rotatable bonds is 8. The Bertz CT molecular complexity index is 331. The van der Waals surface area contributed by atoms with Crippen LogP contribution in [0.25, 0.3) is 0 Å². The van der Waals surface area contributed by atoms with Gasteiger partial charge in [0.2, 0.25) is 0 Å². The zero-order chi connectivity index (χ0) is 12.7. The van der Waals surface area contributed by atoms with E-state index < -0.39 is 0 Å². The fraction of sp³-hybridized carbons (Fsp3) is 0.818. The first kappa shape index (κ1) is 14.5. The molecular weight excluding hydrogens is 236 g/mol. The van der Waals surface area contributed by atoms with Crippen molar-refractivity contribution in [2.75, 3.05) is 18.9 Å². The summed E-state index contributed by atoms with van der Waals surface area (Å²) in [6.45, 7) is 5.18. The molecule has 0 spiro atoms. The molecule has 0 saturated heterocycles. The maximum absolute atomic E-state index is 9.35. The SMILES string of the molecule is CCNC(C)(CO)CCCSc1ncnn1C. The van der Waals surface area contributed by atoms with Gasteiger partial charge in [0, 0.05) is 18.3 Å². The molecule has 0 saturated carbocycles. The van der Waals surface area contributed by atoms with Crippen molar-refractivity contribution in [1.29, 1.82) is 0 Å². The first-order chi connectivity index (χ1) is 8.11. The van der Waals surface area contributed by atoms with E-state index in [-0.39, 0.29) is 12.1 Å². The molecule has 1 atom stereocenters. The van der Waals surface area contributed by atoms with Crippen molar-refractivity contribution in [3.63, 3.8) is 0 Å². The molecule has 0 amide bonds. The smallest absolute Gasteiger partial charge is 0.185 e. The number of nitrogens with zero attached hydrogens (tertiary/aromatic N) is 3. The molecule has 0 aliphatic carbocycles. The molecule has 0 aromatic carbocycles. The number of hydrogen-bond acceptors (Lipinski definition) is 5. The van der Waals surface area contributed by atoms with Gasteiger partial charge in [-0.1, -0.05) is 18.7 Å². The van der Waals surface area contributed by atoms with Crippen LogP contribution in [-0.2, 0) is 7.05 Å². The summed E-state index contributed by atoms with van der Waals surface area (Å²) in [5, 5.41) is 17.6. The normalized spacial score (nSPS) is 14.8. The van der Waals surface area contributed by atoms with Crippen LogP contribution < -0.4 is 5.32 Å². The topological polar surface area (TPSA) is 63.0 Å². The van der Waals surface area contributed by atoms with Crippen molar-refractivity contribution in [1.82, 2.24) is 20.1 Å². The highest BCUT2D eigenvalue weighted by Crippen LogP contribution is 2.18. The summed E-state index contributed by atoms with van der Waals surface area (Å²) in [7, 11) is 1.89. The summed E-state index contributed by atoms with van der Waals surface area (Å²) in [5.41, 5.74) is -0.158. The van der Waals surface area contributed by atoms with Crippen molar-refractivity contribution >= 4 is 11.8 Å². The van der Waals surface area contributed by atoms with E-state index in [9.17, 15) is 5.11 Å². The summed E-state index contributed by atoms with van der Waals surface area (Å²) in [6.07, 6.45) is 3.57. The number of aryl methyl sites for hydroxylation is 1. The molecule has 2 N–H and O–H groups in total. The van der Waals surface area contributed by atoms with Crippen LogP contribution in [0.15, 0.2) is 11.5 Å². The first-order valence-corrected chi connectivity index (χ1v) is 6.92. The van der Waals surface area contributed by atoms with E-state index in [0.29, 0.717) is 0 Å². The number of aromatic nitrogens is 3. The molecule has 17 heavy (non-hydrogen) atoms. The monoisotopic (exact) mass is 258 g/mol. The zero-order valence-corrected chi connectivity index (χ0v) is 11.6. The van der Waals surface area contributed by atoms with Gasteiger partial charge in [0.15, 0.2) is 5.16 Å². The Morgan fingerprint density at radius 2 is 2.35 bits per heavy atom. The number of likely N-dealkylation sites (N-methyl/N-ethyl adjacent to an activating group) is 1. The predicted octanol–water partition coefficient (Wildman–Crippen LogP) is 1.05. The van der Waals surface area contributed by atoms with Crippen molar-refractivity contribution in [3.05, 3.63) is 6.33 Å². The van der Waals surface area contributed by atoms with Crippen LogP contribution in [0, 0.1) is 0 Å². The molecule has 0 bridgehead atoms. The van der Waals surface area contributed by atoms with Crippen LogP contribution in [0.4, 0.5) is 0 Å². The van der Waals surface area contributed by atoms with Crippen LogP contribution in [0.2, 0.25) is 0 Å². The summed E-state index contributed by atoms with van der Waals surface area (Å²) in [5.74, 6) is 0.994. The Morgan fingerprint density at radius 3 is 2.88 bits per heavy atom. The Kier molecular flexibility index (Phi) is 5.94. The molecule has 1 aromatic rings. The Balaban J connectivity index is 2.25. The fourth-order valence-electron chi connectivity index (χ4n) is 1.69. The average Bonchev–Trinajstić information content (AvgIpc) is 2.71. The Hall–Kier alpha value is -0.590. The lowest BCUT2D eigenvalue weighted by molar-refractivity contribution is 0.167. The predicted molar refractivity (Wildman–Crippen MR) is 70.1 cm³/mol. The highest BCUT2D eigenvalue weighted by Gasteiger charge is 2.20. The van der Waals surface area contributed by atoms with Gasteiger partial charge in [0.25, 0.3) is 0 Å². The molecule has 5 nitrogen and oxygen atoms in total. The molecule has 6 heteroatoms. The largest absolute Gasteiger partial charge is 0.394 e. The Morgan fingerprint density at radius 1 is 1.59 bits per heavy atom. The zero-order valence-electron chi connectivity index (χ0n) is 10.8. The second kappa shape index (κ2) is 6.98. The van der Waals surface area contributed by atoms with Crippen molar-refractivity contribution in [2.45, 2.75) is 37.4 Å². The molecule has 0 aliphatic rings. The third-order valence-electron chi connectivity index (χ3n) is 2.73. The van der Waals surface area contributed by atoms with Crippen molar-refractivity contribution in [3.8, 4) is 0 Å². The number of nitrogens with one attached hydrogen (secondary N) is 1. The van der Waals surface area contributed by atoms with Crippen LogP contribution in [0.3, 0.4) is 0 Å². The second-order valence-corrected chi connectivity index (χ2v) is 5.43. The number of aliphatic hydroxyl groups is 1. The minimum absolute atomic E-state index is 0.158. The summed E-state index contributed by atoms with van der Waals surface area (Å²) < 4.78 is 1.78. The van der Waals surface area contributed by atoms with E-state index in [1.54, 1.807) is 22.8 Å². The summed E-state index contributed by atoms with van der Waals surface area (Å²) >= 11 is 1.70. The fourth-order valence-corrected chi connectivity index (χ4v) is 2.52.